The van der Waals surface area contributed by atoms with Gasteiger partial charge in [0.2, 0.25) is 5.69 Å². The Morgan fingerprint density at radius 3 is 2.38 bits per heavy atom. The number of hydrogen-bond donors (Lipinski definition) is 3. The number of rotatable bonds is 17. The van der Waals surface area contributed by atoms with Gasteiger partial charge in [0.25, 0.3) is 10.1 Å². The van der Waals surface area contributed by atoms with E-state index in [4.69, 9.17) is 0 Å². The van der Waals surface area contributed by atoms with Gasteiger partial charge in [0.1, 0.15) is 12.3 Å². The molecule has 0 saturated carbocycles. The molecular weight excluding hydrogens is 709 g/mol. The highest BCUT2D eigenvalue weighted by molar-refractivity contribution is 7.85. The van der Waals surface area contributed by atoms with Crippen molar-refractivity contribution in [3.8, 4) is 5.75 Å². The second-order valence-electron chi connectivity index (χ2n) is 16.0. The molecule has 0 radical (unpaired) electrons. The number of anilines is 1. The topological polar surface area (TPSA) is 118 Å². The quantitative estimate of drug-likeness (QED) is 0.0557. The number of aliphatic carboxylic acids is 1. The maximum absolute atomic E-state index is 11.6. The van der Waals surface area contributed by atoms with E-state index in [1.807, 2.05) is 12.1 Å². The molecule has 0 aromatic heterocycles. The van der Waals surface area contributed by atoms with Gasteiger partial charge in [0.05, 0.1) is 11.2 Å². The second-order valence-corrected chi connectivity index (χ2v) is 17.5. The summed E-state index contributed by atoms with van der Waals surface area (Å²) in [7, 11) is -4.04. The lowest BCUT2D eigenvalue weighted by Crippen LogP contribution is -2.30. The third-order valence-corrected chi connectivity index (χ3v) is 12.3. The van der Waals surface area contributed by atoms with Crippen LogP contribution in [0.3, 0.4) is 0 Å². The molecule has 2 aliphatic heterocycles. The average Bonchev–Trinajstić information content (AvgIpc) is 3.50. The number of carboxylic acid groups (broad SMARTS) is 1. The van der Waals surface area contributed by atoms with E-state index < -0.39 is 21.5 Å². The highest BCUT2D eigenvalue weighted by atomic mass is 32.2. The maximum atomic E-state index is 11.6. The summed E-state index contributed by atoms with van der Waals surface area (Å²) in [6, 6.07) is 26.9. The number of fused-ring (bicyclic) bond motifs is 4. The van der Waals surface area contributed by atoms with Crippen LogP contribution in [0.1, 0.15) is 94.4 Å². The van der Waals surface area contributed by atoms with Crippen molar-refractivity contribution in [1.29, 1.82) is 0 Å². The van der Waals surface area contributed by atoms with Crippen molar-refractivity contribution >= 4 is 43.9 Å². The number of hydrogen-bond acceptors (Lipinski definition) is 5. The zero-order chi connectivity index (χ0) is 39.4. The van der Waals surface area contributed by atoms with Crippen molar-refractivity contribution in [2.45, 2.75) is 96.3 Å². The number of para-hydroxylation sites is 1. The average molecular weight is 764 g/mol. The third kappa shape index (κ3) is 8.89. The number of benzene rings is 4. The molecular formula is C46H55N2O6S+. The molecule has 4 aromatic rings. The zero-order valence-corrected chi connectivity index (χ0v) is 33.4. The van der Waals surface area contributed by atoms with Crippen LogP contribution in [-0.2, 0) is 32.2 Å². The first kappa shape index (κ1) is 39.9. The Balaban J connectivity index is 1.38. The fourth-order valence-electron chi connectivity index (χ4n) is 8.78. The predicted molar refractivity (Wildman–Crippen MR) is 223 cm³/mol. The summed E-state index contributed by atoms with van der Waals surface area (Å²) in [6.07, 6.45) is 12.7. The minimum absolute atomic E-state index is 0.179. The van der Waals surface area contributed by atoms with Crippen LogP contribution < -0.4 is 4.90 Å². The lowest BCUT2D eigenvalue weighted by molar-refractivity contribution is -0.438. The molecule has 8 nitrogen and oxygen atoms in total. The van der Waals surface area contributed by atoms with Crippen molar-refractivity contribution in [1.82, 2.24) is 0 Å². The maximum Gasteiger partial charge on any atom is 0.303 e. The molecule has 2 heterocycles. The van der Waals surface area contributed by atoms with Gasteiger partial charge in [-0.2, -0.15) is 13.0 Å². The summed E-state index contributed by atoms with van der Waals surface area (Å²) in [5.41, 5.74) is 8.87. The lowest BCUT2D eigenvalue weighted by atomic mass is 9.77. The van der Waals surface area contributed by atoms with E-state index in [0.29, 0.717) is 19.3 Å². The van der Waals surface area contributed by atoms with Crippen molar-refractivity contribution < 1.29 is 32.6 Å². The van der Waals surface area contributed by atoms with Crippen molar-refractivity contribution in [2.75, 3.05) is 23.7 Å². The van der Waals surface area contributed by atoms with E-state index in [1.54, 1.807) is 12.1 Å². The first-order valence-electron chi connectivity index (χ1n) is 19.6. The monoisotopic (exact) mass is 763 g/mol. The van der Waals surface area contributed by atoms with Gasteiger partial charge < -0.3 is 15.1 Å². The predicted octanol–water partition coefficient (Wildman–Crippen LogP) is 9.78. The fraction of sp³-hybridized carbons (Fsp3) is 0.391. The first-order chi connectivity index (χ1) is 26.2. The number of carbonyl (C=O) groups is 1. The van der Waals surface area contributed by atoms with Gasteiger partial charge in [0.15, 0.2) is 5.71 Å². The van der Waals surface area contributed by atoms with Gasteiger partial charge in [-0.1, -0.05) is 66.6 Å². The highest BCUT2D eigenvalue weighted by Crippen LogP contribution is 2.51. The minimum Gasteiger partial charge on any atom is -0.508 e. The van der Waals surface area contributed by atoms with Gasteiger partial charge in [-0.15, -0.1) is 0 Å². The van der Waals surface area contributed by atoms with E-state index in [9.17, 15) is 28.0 Å². The number of nitrogens with zero attached hydrogens (tertiary/aromatic N) is 2. The van der Waals surface area contributed by atoms with Crippen LogP contribution in [0.2, 0.25) is 0 Å². The minimum atomic E-state index is -4.04. The number of unbranched alkanes of at least 4 members (excludes halogenated alkanes) is 3. The summed E-state index contributed by atoms with van der Waals surface area (Å²) >= 11 is 0. The highest BCUT2D eigenvalue weighted by Gasteiger charge is 2.46. The summed E-state index contributed by atoms with van der Waals surface area (Å²) in [6.45, 7) is 10.5. The largest absolute Gasteiger partial charge is 0.508 e. The molecule has 0 aliphatic carbocycles. The van der Waals surface area contributed by atoms with Crippen LogP contribution in [0.5, 0.6) is 5.75 Å². The number of carboxylic acids is 1. The van der Waals surface area contributed by atoms with Crippen LogP contribution in [0, 0.1) is 6.92 Å². The summed E-state index contributed by atoms with van der Waals surface area (Å²) in [5.74, 6) is -0.758. The second kappa shape index (κ2) is 16.6. The molecule has 1 atom stereocenters. The van der Waals surface area contributed by atoms with Gasteiger partial charge >= 0.3 is 5.97 Å². The lowest BCUT2D eigenvalue weighted by Gasteiger charge is -2.30. The Morgan fingerprint density at radius 2 is 1.64 bits per heavy atom. The van der Waals surface area contributed by atoms with Gasteiger partial charge in [-0.05, 0) is 118 Å². The zero-order valence-electron chi connectivity index (χ0n) is 32.6. The van der Waals surface area contributed by atoms with E-state index in [1.165, 1.54) is 38.9 Å². The Hall–Kier alpha value is -4.73. The fourth-order valence-corrected chi connectivity index (χ4v) is 9.35. The Kier molecular flexibility index (Phi) is 12.0. The van der Waals surface area contributed by atoms with E-state index in [2.05, 4.69) is 110 Å². The third-order valence-electron chi connectivity index (χ3n) is 11.5. The van der Waals surface area contributed by atoms with Gasteiger partial charge in [-0.3, -0.25) is 9.35 Å². The molecule has 55 heavy (non-hydrogen) atoms. The number of aryl methyl sites for hydroxylation is 2. The number of phenols is 1. The molecule has 3 N–H and O–H groups in total. The summed E-state index contributed by atoms with van der Waals surface area (Å²) in [5, 5.41) is 21.5. The van der Waals surface area contributed by atoms with Crippen molar-refractivity contribution in [2.24, 2.45) is 0 Å². The standard InChI is InChI=1S/C46H54N2O6S/c1-33-20-23-35-24-27-40-44(37(35)32-33)45(2,3)41(48(40)29-10-5-6-19-43(50)51)17-12-18-42-46(4,28-9-11-31-55(52,53)54)38-15-7-8-16-39(38)47(42)30-13-14-34-21-25-36(49)26-22-34/h7-8,12,15-18,20-27,32H,5-6,9-11,13-14,19,28-31H2,1-4H3,(H2-,49,50,51,52,53,54)/p+1. The molecule has 0 saturated heterocycles. The van der Waals surface area contributed by atoms with Crippen LogP contribution in [0.25, 0.3) is 10.8 Å². The van der Waals surface area contributed by atoms with E-state index in [-0.39, 0.29) is 23.3 Å². The van der Waals surface area contributed by atoms with Crippen molar-refractivity contribution in [3.05, 3.63) is 125 Å². The molecule has 290 valence electrons. The molecule has 0 bridgehead atoms. The molecule has 1 unspecified atom stereocenters. The molecule has 0 spiro atoms. The van der Waals surface area contributed by atoms with Crippen LogP contribution in [0.15, 0.2) is 103 Å². The molecule has 6 rings (SSSR count). The van der Waals surface area contributed by atoms with Crippen LogP contribution >= 0.6 is 0 Å². The Morgan fingerprint density at radius 1 is 0.891 bits per heavy atom. The smallest absolute Gasteiger partial charge is 0.303 e. The molecule has 0 amide bonds. The van der Waals surface area contributed by atoms with Crippen molar-refractivity contribution in [3.63, 3.8) is 0 Å². The Labute approximate surface area is 326 Å². The normalized spacial score (nSPS) is 18.5. The van der Waals surface area contributed by atoms with E-state index in [0.717, 1.165) is 62.1 Å². The number of phenolic OH excluding ortho intramolecular Hbond substituents is 1. The molecule has 9 heteroatoms. The van der Waals surface area contributed by atoms with E-state index >= 15 is 0 Å². The Bertz CT molecular complexity index is 2250. The van der Waals surface area contributed by atoms with Crippen LogP contribution in [-0.4, -0.2) is 58.3 Å². The molecule has 4 aromatic carbocycles. The summed E-state index contributed by atoms with van der Waals surface area (Å²) < 4.78 is 35.1. The molecule has 0 fully saturated rings. The van der Waals surface area contributed by atoms with Gasteiger partial charge in [0, 0.05) is 53.9 Å². The number of aromatic hydroxyl groups is 1. The van der Waals surface area contributed by atoms with Crippen LogP contribution in [0.4, 0.5) is 11.4 Å². The number of allylic oxidation sites excluding steroid dienone is 4. The summed E-state index contributed by atoms with van der Waals surface area (Å²) in [4.78, 5) is 13.6. The SMILES string of the molecule is Cc1ccc2ccc3c(c2c1)C(C)(C)C(C=CC=C1N(CCCc2ccc(O)cc2)c2ccccc2C1(C)CCCCS(=O)(=O)O)=[N+]3CCCCCC(=O)O. The van der Waals surface area contributed by atoms with Gasteiger partial charge in [-0.25, -0.2) is 0 Å². The molecule has 2 aliphatic rings. The first-order valence-corrected chi connectivity index (χ1v) is 21.2.